The van der Waals surface area contributed by atoms with Gasteiger partial charge in [-0.1, -0.05) is 6.07 Å². The summed E-state index contributed by atoms with van der Waals surface area (Å²) in [6.45, 7) is 5.25. The average Bonchev–Trinajstić information content (AvgIpc) is 2.84. The first-order chi connectivity index (χ1) is 16.1. The average molecular weight is 552 g/mol. The summed E-state index contributed by atoms with van der Waals surface area (Å²) in [5.41, 5.74) is 4.88. The molecule has 0 unspecified atom stereocenters. The minimum atomic E-state index is -0.243. The molecule has 5 nitrogen and oxygen atoms in total. The Labute approximate surface area is 205 Å². The zero-order chi connectivity index (χ0) is 22.8. The third kappa shape index (κ3) is 4.68. The Morgan fingerprint density at radius 3 is 2.12 bits per heavy atom. The number of benzene rings is 3. The number of likely N-dealkylation sites (tertiary alicyclic amines) is 1. The minimum absolute atomic E-state index is 0.124. The van der Waals surface area contributed by atoms with Crippen molar-refractivity contribution >= 4 is 11.8 Å². The third-order valence-corrected chi connectivity index (χ3v) is 9.63. The molecule has 2 amide bonds. The SMILES string of the molecule is Cc1cc(-c2ccccc2)ccc1C(=O)N1CC(N2CCN(C(=O)c3ccccc3)C[I-]2)C1. The molecule has 6 heteroatoms. The molecule has 2 aliphatic heterocycles. The van der Waals surface area contributed by atoms with Gasteiger partial charge >= 0.3 is 200 Å². The van der Waals surface area contributed by atoms with Crippen LogP contribution in [0, 0.1) is 6.92 Å². The molecule has 0 saturated carbocycles. The molecule has 0 bridgehead atoms. The number of hydrogen-bond acceptors (Lipinski definition) is 3. The zero-order valence-electron chi connectivity index (χ0n) is 18.7. The molecule has 2 fully saturated rings. The van der Waals surface area contributed by atoms with Crippen LogP contribution in [0.2, 0.25) is 0 Å². The molecule has 0 radical (unpaired) electrons. The molecule has 2 heterocycles. The van der Waals surface area contributed by atoms with E-state index in [0.717, 1.165) is 58.5 Å². The first-order valence-corrected chi connectivity index (χ1v) is 13.7. The normalized spacial score (nSPS) is 17.2. The van der Waals surface area contributed by atoms with Gasteiger partial charge in [0.15, 0.2) is 0 Å². The van der Waals surface area contributed by atoms with Crippen LogP contribution < -0.4 is 21.5 Å². The van der Waals surface area contributed by atoms with E-state index < -0.39 is 0 Å². The summed E-state index contributed by atoms with van der Waals surface area (Å²) < 4.78 is 3.37. The van der Waals surface area contributed by atoms with Crippen LogP contribution in [0.15, 0.2) is 78.9 Å². The van der Waals surface area contributed by atoms with Gasteiger partial charge in [-0.3, -0.25) is 0 Å². The van der Waals surface area contributed by atoms with Crippen molar-refractivity contribution in [2.75, 3.05) is 30.7 Å². The Morgan fingerprint density at radius 1 is 0.788 bits per heavy atom. The predicted molar refractivity (Wildman–Crippen MR) is 125 cm³/mol. The van der Waals surface area contributed by atoms with Gasteiger partial charge in [0.2, 0.25) is 0 Å². The predicted octanol–water partition coefficient (Wildman–Crippen LogP) is 0.906. The number of hydrogen-bond donors (Lipinski definition) is 0. The van der Waals surface area contributed by atoms with Crippen LogP contribution in [0.25, 0.3) is 11.1 Å². The van der Waals surface area contributed by atoms with E-state index in [1.165, 1.54) is 0 Å². The summed E-state index contributed by atoms with van der Waals surface area (Å²) in [5.74, 6) is 0.259. The summed E-state index contributed by atoms with van der Waals surface area (Å²) in [7, 11) is 0. The van der Waals surface area contributed by atoms with E-state index in [4.69, 9.17) is 0 Å². The van der Waals surface area contributed by atoms with E-state index >= 15 is 0 Å². The summed E-state index contributed by atoms with van der Waals surface area (Å²) >= 11 is -0.243. The fraction of sp³-hybridized carbons (Fsp3) is 0.259. The van der Waals surface area contributed by atoms with Crippen molar-refractivity contribution in [1.29, 1.82) is 0 Å². The van der Waals surface area contributed by atoms with Crippen LogP contribution in [0.1, 0.15) is 26.3 Å². The van der Waals surface area contributed by atoms with Gasteiger partial charge in [-0.15, -0.1) is 0 Å². The summed E-state index contributed by atoms with van der Waals surface area (Å²) in [5, 5.41) is 0. The molecule has 2 saturated heterocycles. The number of alkyl halides is 1. The maximum atomic E-state index is 13.1. The van der Waals surface area contributed by atoms with Crippen LogP contribution in [-0.4, -0.2) is 61.5 Å². The molecule has 3 aromatic carbocycles. The number of halogens is 1. The third-order valence-electron chi connectivity index (χ3n) is 6.35. The Kier molecular flexibility index (Phi) is 6.46. The van der Waals surface area contributed by atoms with Crippen LogP contribution in [-0.2, 0) is 0 Å². The van der Waals surface area contributed by atoms with Crippen molar-refractivity contribution in [2.45, 2.75) is 13.0 Å². The molecule has 0 N–H and O–H groups in total. The van der Waals surface area contributed by atoms with Gasteiger partial charge in [-0.05, 0) is 0 Å². The molecule has 170 valence electrons. The second-order valence-corrected chi connectivity index (χ2v) is 11.2. The first kappa shape index (κ1) is 22.1. The molecule has 5 rings (SSSR count). The van der Waals surface area contributed by atoms with Gasteiger partial charge < -0.3 is 0 Å². The van der Waals surface area contributed by atoms with E-state index in [-0.39, 0.29) is 33.3 Å². The van der Waals surface area contributed by atoms with Gasteiger partial charge in [-0.25, -0.2) is 0 Å². The monoisotopic (exact) mass is 552 g/mol. The standard InChI is InChI=1S/C27H27IN3O2/c1-20-16-23(21-8-4-2-5-9-21)12-13-25(20)27(33)30-17-24(18-30)31-15-14-29(19-28-31)26(32)22-10-6-3-7-11-22/h2-13,16,24H,14-15,17-19H2,1H3/q-1. The maximum absolute atomic E-state index is 13.1. The van der Waals surface area contributed by atoms with E-state index in [0.29, 0.717) is 6.04 Å². The summed E-state index contributed by atoms with van der Waals surface area (Å²) in [6, 6.07) is 26.3. The van der Waals surface area contributed by atoms with Gasteiger partial charge in [0, 0.05) is 0 Å². The quantitative estimate of drug-likeness (QED) is 0.209. The fourth-order valence-electron chi connectivity index (χ4n) is 4.35. The number of nitrogens with zero attached hydrogens (tertiary/aromatic N) is 3. The van der Waals surface area contributed by atoms with Crippen molar-refractivity contribution < 1.29 is 31.1 Å². The van der Waals surface area contributed by atoms with Crippen LogP contribution in [0.5, 0.6) is 0 Å². The zero-order valence-corrected chi connectivity index (χ0v) is 20.8. The number of amides is 2. The Balaban J connectivity index is 1.14. The molecule has 3 aromatic rings. The van der Waals surface area contributed by atoms with Crippen molar-refractivity contribution in [3.8, 4) is 11.1 Å². The second-order valence-electron chi connectivity index (χ2n) is 8.56. The Hall–Kier alpha value is -2.71. The van der Waals surface area contributed by atoms with E-state index in [1.807, 2.05) is 77.4 Å². The topological polar surface area (TPSA) is 43.9 Å². The van der Waals surface area contributed by atoms with Crippen molar-refractivity contribution in [2.24, 2.45) is 0 Å². The van der Waals surface area contributed by atoms with E-state index in [1.54, 1.807) is 0 Å². The van der Waals surface area contributed by atoms with Gasteiger partial charge in [0.25, 0.3) is 0 Å². The molecule has 33 heavy (non-hydrogen) atoms. The summed E-state index contributed by atoms with van der Waals surface area (Å²) in [4.78, 5) is 29.7. The van der Waals surface area contributed by atoms with Crippen LogP contribution >= 0.6 is 0 Å². The van der Waals surface area contributed by atoms with Crippen molar-refractivity contribution in [1.82, 2.24) is 12.9 Å². The van der Waals surface area contributed by atoms with Gasteiger partial charge in [0.1, 0.15) is 0 Å². The van der Waals surface area contributed by atoms with Gasteiger partial charge in [-0.2, -0.15) is 0 Å². The van der Waals surface area contributed by atoms with Crippen molar-refractivity contribution in [3.63, 3.8) is 0 Å². The second kappa shape index (κ2) is 9.65. The molecule has 2 aliphatic rings. The van der Waals surface area contributed by atoms with Gasteiger partial charge in [0.05, 0.1) is 0 Å². The van der Waals surface area contributed by atoms with Crippen molar-refractivity contribution in [3.05, 3.63) is 95.6 Å². The Morgan fingerprint density at radius 2 is 1.48 bits per heavy atom. The number of rotatable bonds is 4. The molecular weight excluding hydrogens is 525 g/mol. The fourth-order valence-corrected chi connectivity index (χ4v) is 7.23. The molecular formula is C27H27IN3O2-. The Bertz CT molecular complexity index is 1140. The molecule has 0 aromatic heterocycles. The first-order valence-electron chi connectivity index (χ1n) is 11.3. The number of carbonyl (C=O) groups excluding carboxylic acids is 2. The summed E-state index contributed by atoms with van der Waals surface area (Å²) in [6.07, 6.45) is 0. The molecule has 0 spiro atoms. The van der Waals surface area contributed by atoms with E-state index in [9.17, 15) is 9.59 Å². The van der Waals surface area contributed by atoms with Crippen LogP contribution in [0.3, 0.4) is 0 Å². The van der Waals surface area contributed by atoms with E-state index in [2.05, 4.69) is 21.3 Å². The van der Waals surface area contributed by atoms with Crippen LogP contribution in [0.4, 0.5) is 0 Å². The molecule has 0 aliphatic carbocycles. The number of carbonyl (C=O) groups is 2. The molecule has 0 atom stereocenters. The number of aryl methyl sites for hydroxylation is 1.